The predicted molar refractivity (Wildman–Crippen MR) is 268 cm³/mol. The second-order valence-electron chi connectivity index (χ2n) is 17.3. The van der Waals surface area contributed by atoms with Crippen molar-refractivity contribution < 1.29 is 45.4 Å². The average Bonchev–Trinajstić information content (AvgIpc) is 3.33. The van der Waals surface area contributed by atoms with Gasteiger partial charge in [-0.15, -0.1) is 12.4 Å². The molecular formula is C49H67ClN6O10S2. The Morgan fingerprint density at radius 2 is 0.956 bits per heavy atom. The minimum absolute atomic E-state index is 0. The summed E-state index contributed by atoms with van der Waals surface area (Å²) in [7, 11) is -4.47. The van der Waals surface area contributed by atoms with E-state index in [-0.39, 0.29) is 43.1 Å². The molecule has 16 nitrogen and oxygen atoms in total. The molecule has 0 atom stereocenters. The van der Waals surface area contributed by atoms with E-state index in [1.54, 1.807) is 77.7 Å². The minimum atomic E-state index is -3.62. The third-order valence-electron chi connectivity index (χ3n) is 11.1. The van der Waals surface area contributed by atoms with Crippen molar-refractivity contribution in [1.82, 2.24) is 20.0 Å². The number of sulfonamides is 2. The first-order valence-electron chi connectivity index (χ1n) is 22.6. The van der Waals surface area contributed by atoms with Gasteiger partial charge in [-0.3, -0.25) is 13.5 Å². The number of halogens is 1. The number of para-hydroxylation sites is 2. The van der Waals surface area contributed by atoms with Gasteiger partial charge >= 0.3 is 18.0 Å². The number of piperazine rings is 2. The number of hydrogen-bond acceptors (Lipinski definition) is 13. The van der Waals surface area contributed by atoms with Crippen molar-refractivity contribution in [2.75, 3.05) is 99.8 Å². The number of amides is 1. The number of ether oxygens (including phenoxy) is 3. The van der Waals surface area contributed by atoms with Gasteiger partial charge in [0.2, 0.25) is 20.0 Å². The lowest BCUT2D eigenvalue weighted by atomic mass is 10.1. The maximum atomic E-state index is 13.4. The highest BCUT2D eigenvalue weighted by molar-refractivity contribution is 7.93. The lowest BCUT2D eigenvalue weighted by molar-refractivity contribution is 0.0145. The Balaban J connectivity index is 0.000000298. The zero-order chi connectivity index (χ0) is 48.5. The van der Waals surface area contributed by atoms with Gasteiger partial charge in [-0.2, -0.15) is 0 Å². The van der Waals surface area contributed by atoms with E-state index in [4.69, 9.17) is 14.2 Å². The van der Waals surface area contributed by atoms with Crippen LogP contribution in [0, 0.1) is 0 Å². The number of hydrogen-bond donors (Lipinski definition) is 1. The van der Waals surface area contributed by atoms with Gasteiger partial charge < -0.3 is 29.3 Å². The van der Waals surface area contributed by atoms with Crippen molar-refractivity contribution in [3.8, 4) is 0 Å². The van der Waals surface area contributed by atoms with Gasteiger partial charge in [-0.1, -0.05) is 60.7 Å². The molecule has 4 aromatic rings. The third-order valence-corrected chi connectivity index (χ3v) is 14.8. The summed E-state index contributed by atoms with van der Waals surface area (Å²) in [5.41, 5.74) is 3.10. The standard InChI is InChI=1S/C27H37N3O6S.C22H29N3O4S.ClH/c1-27(2,3)36-26(32)29-18-16-28(17-19-29)15-8-20-37(33,34)30(24-9-6-5-7-10-24)21-22-11-13-23(14-12-22)25(31)35-4;1-29-22(26)20-10-8-19(9-11-20)18-25(21-6-3-2-4-7-21)30(27,28)17-5-14-24-15-12-23-13-16-24;/h5-7,9-14H,8,15-21H2,1-4H3;2-4,6-11,23H,5,12-18H2,1H3;1H. The van der Waals surface area contributed by atoms with Crippen molar-refractivity contribution in [1.29, 1.82) is 0 Å². The molecule has 2 aliphatic heterocycles. The van der Waals surface area contributed by atoms with Crippen LogP contribution in [0.2, 0.25) is 0 Å². The van der Waals surface area contributed by atoms with E-state index in [0.717, 1.165) is 43.9 Å². The Hall–Kier alpha value is -5.24. The largest absolute Gasteiger partial charge is 0.465 e. The molecule has 372 valence electrons. The fourth-order valence-corrected chi connectivity index (χ4v) is 10.5. The third kappa shape index (κ3) is 17.4. The lowest BCUT2D eigenvalue weighted by Gasteiger charge is -2.35. The fourth-order valence-electron chi connectivity index (χ4n) is 7.53. The summed E-state index contributed by atoms with van der Waals surface area (Å²) < 4.78 is 71.1. The number of nitrogens with one attached hydrogen (secondary N) is 1. The molecule has 2 saturated heterocycles. The van der Waals surface area contributed by atoms with E-state index >= 15 is 0 Å². The van der Waals surface area contributed by atoms with Crippen molar-refractivity contribution >= 4 is 61.9 Å². The summed E-state index contributed by atoms with van der Waals surface area (Å²) in [6, 6.07) is 31.7. The Kier molecular flexibility index (Phi) is 21.6. The molecular weight excluding hydrogens is 932 g/mol. The molecule has 0 aromatic heterocycles. The monoisotopic (exact) mass is 998 g/mol. The highest BCUT2D eigenvalue weighted by atomic mass is 35.5. The lowest BCUT2D eigenvalue weighted by Crippen LogP contribution is -2.50. The normalized spacial score (nSPS) is 14.6. The van der Waals surface area contributed by atoms with Gasteiger partial charge in [-0.05, 0) is 106 Å². The molecule has 6 rings (SSSR count). The Morgan fingerprint density at radius 1 is 0.574 bits per heavy atom. The van der Waals surface area contributed by atoms with Crippen LogP contribution in [0.5, 0.6) is 0 Å². The second kappa shape index (κ2) is 26.5. The van der Waals surface area contributed by atoms with Crippen LogP contribution in [-0.2, 0) is 47.3 Å². The fraction of sp³-hybridized carbons (Fsp3) is 0.449. The summed E-state index contributed by atoms with van der Waals surface area (Å²) in [5, 5.41) is 3.31. The van der Waals surface area contributed by atoms with Gasteiger partial charge in [0.1, 0.15) is 5.60 Å². The van der Waals surface area contributed by atoms with Crippen molar-refractivity contribution in [2.24, 2.45) is 0 Å². The number of nitrogens with zero attached hydrogens (tertiary/aromatic N) is 5. The Bertz CT molecular complexity index is 2400. The molecule has 0 saturated carbocycles. The molecule has 1 amide bonds. The van der Waals surface area contributed by atoms with E-state index in [2.05, 4.69) is 15.1 Å². The molecule has 0 radical (unpaired) electrons. The molecule has 4 aromatic carbocycles. The number of benzene rings is 4. The Morgan fingerprint density at radius 3 is 1.32 bits per heavy atom. The zero-order valence-electron chi connectivity index (χ0n) is 39.7. The average molecular weight is 1000 g/mol. The van der Waals surface area contributed by atoms with Crippen LogP contribution in [0.25, 0.3) is 0 Å². The van der Waals surface area contributed by atoms with E-state index < -0.39 is 37.6 Å². The first-order valence-corrected chi connectivity index (χ1v) is 25.8. The molecule has 19 heteroatoms. The van der Waals surface area contributed by atoms with Gasteiger partial charge in [0.25, 0.3) is 0 Å². The summed E-state index contributed by atoms with van der Waals surface area (Å²) >= 11 is 0. The van der Waals surface area contributed by atoms with Crippen molar-refractivity contribution in [3.63, 3.8) is 0 Å². The number of anilines is 2. The van der Waals surface area contributed by atoms with Crippen LogP contribution in [0.3, 0.4) is 0 Å². The maximum absolute atomic E-state index is 13.4. The molecule has 2 heterocycles. The first kappa shape index (κ1) is 55.4. The summed E-state index contributed by atoms with van der Waals surface area (Å²) in [6.07, 6.45) is 0.750. The Labute approximate surface area is 409 Å². The molecule has 68 heavy (non-hydrogen) atoms. The summed E-state index contributed by atoms with van der Waals surface area (Å²) in [4.78, 5) is 41.8. The van der Waals surface area contributed by atoms with Gasteiger partial charge in [0.05, 0.1) is 61.3 Å². The van der Waals surface area contributed by atoms with Gasteiger partial charge in [0, 0.05) is 52.4 Å². The van der Waals surface area contributed by atoms with Gasteiger partial charge in [0.15, 0.2) is 0 Å². The predicted octanol–water partition coefficient (Wildman–Crippen LogP) is 6.28. The van der Waals surface area contributed by atoms with Crippen LogP contribution in [0.4, 0.5) is 16.2 Å². The van der Waals surface area contributed by atoms with Crippen molar-refractivity contribution in [3.05, 3.63) is 131 Å². The smallest absolute Gasteiger partial charge is 0.410 e. The SMILES string of the molecule is COC(=O)c1ccc(CN(c2ccccc2)S(=O)(=O)CCCN2CCN(C(=O)OC(C)(C)C)CC2)cc1.COC(=O)c1ccc(CN(c2ccccc2)S(=O)(=O)CCCN2CCNCC2)cc1.Cl. The first-order chi connectivity index (χ1) is 32.0. The number of esters is 2. The van der Waals surface area contributed by atoms with E-state index in [0.29, 0.717) is 68.1 Å². The molecule has 0 aliphatic carbocycles. The zero-order valence-corrected chi connectivity index (χ0v) is 42.2. The highest BCUT2D eigenvalue weighted by Crippen LogP contribution is 2.24. The van der Waals surface area contributed by atoms with E-state index in [1.807, 2.05) is 57.2 Å². The van der Waals surface area contributed by atoms with Crippen LogP contribution >= 0.6 is 12.4 Å². The topological polar surface area (TPSA) is 175 Å². The molecule has 2 fully saturated rings. The molecule has 0 spiro atoms. The second-order valence-corrected chi connectivity index (χ2v) is 21.3. The molecule has 2 aliphatic rings. The summed E-state index contributed by atoms with van der Waals surface area (Å²) in [5.74, 6) is -0.770. The highest BCUT2D eigenvalue weighted by Gasteiger charge is 2.28. The molecule has 0 unspecified atom stereocenters. The van der Waals surface area contributed by atoms with E-state index in [9.17, 15) is 31.2 Å². The van der Waals surface area contributed by atoms with Crippen LogP contribution < -0.4 is 13.9 Å². The number of carbonyl (C=O) groups is 3. The van der Waals surface area contributed by atoms with Gasteiger partial charge in [-0.25, -0.2) is 31.2 Å². The number of carbonyl (C=O) groups excluding carboxylic acids is 3. The molecule has 1 N–H and O–H groups in total. The maximum Gasteiger partial charge on any atom is 0.410 e. The van der Waals surface area contributed by atoms with Crippen molar-refractivity contribution in [2.45, 2.75) is 52.3 Å². The minimum Gasteiger partial charge on any atom is -0.465 e. The molecule has 0 bridgehead atoms. The van der Waals surface area contributed by atoms with Crippen LogP contribution in [0.1, 0.15) is 65.5 Å². The van der Waals surface area contributed by atoms with Crippen LogP contribution in [-0.4, -0.2) is 146 Å². The summed E-state index contributed by atoms with van der Waals surface area (Å²) in [6.45, 7) is 13.6. The number of rotatable bonds is 18. The number of methoxy groups -OCH3 is 2. The van der Waals surface area contributed by atoms with E-state index in [1.165, 1.54) is 22.8 Å². The van der Waals surface area contributed by atoms with Crippen LogP contribution in [0.15, 0.2) is 109 Å². The quantitative estimate of drug-likeness (QED) is 0.0873.